The van der Waals surface area contributed by atoms with Gasteiger partial charge in [0.2, 0.25) is 0 Å². The van der Waals surface area contributed by atoms with Crippen LogP contribution in [-0.4, -0.2) is 34.3 Å². The average molecular weight is 335 g/mol. The van der Waals surface area contributed by atoms with Crippen molar-refractivity contribution < 1.29 is 13.2 Å². The van der Waals surface area contributed by atoms with Crippen molar-refractivity contribution in [2.45, 2.75) is 37.8 Å². The second-order valence-corrected chi connectivity index (χ2v) is 7.27. The summed E-state index contributed by atoms with van der Waals surface area (Å²) >= 11 is 0. The van der Waals surface area contributed by atoms with E-state index in [4.69, 9.17) is 0 Å². The Kier molecular flexibility index (Phi) is 4.12. The van der Waals surface area contributed by atoms with E-state index in [1.165, 1.54) is 30.8 Å². The van der Waals surface area contributed by atoms with E-state index in [0.29, 0.717) is 18.2 Å². The third-order valence-corrected chi connectivity index (χ3v) is 5.10. The first-order valence-corrected chi connectivity index (χ1v) is 8.83. The fourth-order valence-electron chi connectivity index (χ4n) is 2.35. The Labute approximate surface area is 134 Å². The molecule has 0 radical (unpaired) electrons. The predicted octanol–water partition coefficient (Wildman–Crippen LogP) is 0.900. The molecule has 0 aromatic carbocycles. The summed E-state index contributed by atoms with van der Waals surface area (Å²) < 4.78 is 27.9. The van der Waals surface area contributed by atoms with Crippen LogP contribution in [0.15, 0.2) is 29.4 Å². The third kappa shape index (κ3) is 3.39. The monoisotopic (exact) mass is 335 g/mol. The van der Waals surface area contributed by atoms with Gasteiger partial charge in [0, 0.05) is 12.7 Å². The quantitative estimate of drug-likeness (QED) is 0.870. The summed E-state index contributed by atoms with van der Waals surface area (Å²) in [7, 11) is -4.05. The molecule has 1 saturated carbocycles. The van der Waals surface area contributed by atoms with Gasteiger partial charge >= 0.3 is 0 Å². The van der Waals surface area contributed by atoms with Crippen molar-refractivity contribution in [3.8, 4) is 0 Å². The first kappa shape index (κ1) is 15.6. The lowest BCUT2D eigenvalue weighted by Crippen LogP contribution is -2.33. The molecule has 0 bridgehead atoms. The smallest absolute Gasteiger partial charge is 0.266 e. The molecule has 0 atom stereocenters. The number of aryl methyl sites for hydroxylation is 1. The summed E-state index contributed by atoms with van der Waals surface area (Å²) in [5, 5.41) is 11.1. The van der Waals surface area contributed by atoms with Crippen LogP contribution in [0.3, 0.4) is 0 Å². The summed E-state index contributed by atoms with van der Waals surface area (Å²) in [6, 6.07) is 4.33. The maximum atomic E-state index is 12.3. The largest absolute Gasteiger partial charge is 0.283 e. The van der Waals surface area contributed by atoms with Crippen molar-refractivity contribution in [1.29, 1.82) is 0 Å². The van der Waals surface area contributed by atoms with E-state index < -0.39 is 15.9 Å². The van der Waals surface area contributed by atoms with E-state index in [1.54, 1.807) is 11.6 Å². The van der Waals surface area contributed by atoms with Gasteiger partial charge in [-0.15, -0.1) is 5.10 Å². The Morgan fingerprint density at radius 2 is 2.09 bits per heavy atom. The van der Waals surface area contributed by atoms with Crippen molar-refractivity contribution in [2.75, 3.05) is 0 Å². The van der Waals surface area contributed by atoms with E-state index in [1.807, 2.05) is 4.72 Å². The van der Waals surface area contributed by atoms with Crippen LogP contribution in [-0.2, 0) is 16.6 Å². The first-order chi connectivity index (χ1) is 11.0. The Balaban J connectivity index is 1.76. The van der Waals surface area contributed by atoms with Crippen LogP contribution in [0.5, 0.6) is 0 Å². The number of amides is 1. The van der Waals surface area contributed by atoms with Crippen LogP contribution >= 0.6 is 0 Å². The summed E-state index contributed by atoms with van der Waals surface area (Å²) in [4.78, 5) is 12.3. The summed E-state index contributed by atoms with van der Waals surface area (Å²) in [6.07, 6.45) is 4.90. The highest BCUT2D eigenvalue weighted by molar-refractivity contribution is 7.90. The predicted molar refractivity (Wildman–Crippen MR) is 81.0 cm³/mol. The van der Waals surface area contributed by atoms with Crippen molar-refractivity contribution in [3.05, 3.63) is 35.8 Å². The van der Waals surface area contributed by atoms with Crippen LogP contribution in [0.1, 0.15) is 35.4 Å². The second kappa shape index (κ2) is 6.07. The molecular formula is C14H17N5O3S. The molecule has 0 spiro atoms. The van der Waals surface area contributed by atoms with Gasteiger partial charge in [-0.25, -0.2) is 4.72 Å². The van der Waals surface area contributed by atoms with Gasteiger partial charge in [0.05, 0.1) is 5.69 Å². The Bertz CT molecular complexity index is 809. The lowest BCUT2D eigenvalue weighted by molar-refractivity contribution is 0.0967. The lowest BCUT2D eigenvalue weighted by atomic mass is 9.85. The van der Waals surface area contributed by atoms with E-state index >= 15 is 0 Å². The van der Waals surface area contributed by atoms with Gasteiger partial charge in [-0.05, 0) is 43.9 Å². The van der Waals surface area contributed by atoms with Crippen molar-refractivity contribution in [1.82, 2.24) is 24.7 Å². The summed E-state index contributed by atoms with van der Waals surface area (Å²) in [5.74, 6) is -0.217. The molecule has 2 heterocycles. The summed E-state index contributed by atoms with van der Waals surface area (Å²) in [6.45, 7) is 2.32. The molecule has 0 saturated heterocycles. The molecular weight excluding hydrogens is 318 g/mol. The van der Waals surface area contributed by atoms with Crippen molar-refractivity contribution >= 4 is 15.9 Å². The zero-order valence-electron chi connectivity index (χ0n) is 12.6. The molecule has 2 aromatic rings. The van der Waals surface area contributed by atoms with Crippen molar-refractivity contribution in [3.63, 3.8) is 0 Å². The van der Waals surface area contributed by atoms with E-state index in [0.717, 1.165) is 12.8 Å². The molecule has 1 fully saturated rings. The van der Waals surface area contributed by atoms with Crippen LogP contribution in [0, 0.1) is 12.8 Å². The molecule has 1 amide bonds. The van der Waals surface area contributed by atoms with Gasteiger partial charge in [-0.2, -0.15) is 18.6 Å². The normalized spacial score (nSPS) is 15.2. The Morgan fingerprint density at radius 3 is 2.70 bits per heavy atom. The highest BCUT2D eigenvalue weighted by Gasteiger charge is 2.25. The van der Waals surface area contributed by atoms with Gasteiger partial charge in [0.1, 0.15) is 5.69 Å². The molecule has 122 valence electrons. The number of nitrogens with zero attached hydrogens (tertiary/aromatic N) is 4. The van der Waals surface area contributed by atoms with Gasteiger partial charge in [0.15, 0.2) is 5.03 Å². The topological polar surface area (TPSA) is 107 Å². The Morgan fingerprint density at radius 1 is 1.30 bits per heavy atom. The van der Waals surface area contributed by atoms with E-state index in [2.05, 4.69) is 15.3 Å². The number of rotatable bonds is 5. The van der Waals surface area contributed by atoms with Crippen LogP contribution in [0.25, 0.3) is 0 Å². The SMILES string of the molecule is Cc1ccc(S(=O)(=O)NC(=O)c2ccnn2CC2CCC2)nn1. The highest BCUT2D eigenvalue weighted by Crippen LogP contribution is 2.27. The number of carbonyl (C=O) groups is 1. The maximum Gasteiger partial charge on any atom is 0.283 e. The minimum atomic E-state index is -4.05. The number of aromatic nitrogens is 4. The standard InChI is InChI=1S/C14H17N5O3S/c1-10-5-6-13(17-16-10)23(21,22)18-14(20)12-7-8-15-19(12)9-11-3-2-4-11/h5-8,11H,2-4,9H2,1H3,(H,18,20). The second-order valence-electron chi connectivity index (χ2n) is 5.64. The lowest BCUT2D eigenvalue weighted by Gasteiger charge is -2.25. The number of nitrogens with one attached hydrogen (secondary N) is 1. The van der Waals surface area contributed by atoms with Gasteiger partial charge in [0.25, 0.3) is 15.9 Å². The number of sulfonamides is 1. The molecule has 1 aliphatic rings. The van der Waals surface area contributed by atoms with Crippen LogP contribution < -0.4 is 4.72 Å². The summed E-state index contributed by atoms with van der Waals surface area (Å²) in [5.41, 5.74) is 0.814. The molecule has 8 nitrogen and oxygen atoms in total. The molecule has 0 unspecified atom stereocenters. The highest BCUT2D eigenvalue weighted by atomic mass is 32.2. The Hall–Kier alpha value is -2.29. The molecule has 2 aromatic heterocycles. The molecule has 1 N–H and O–H groups in total. The van der Waals surface area contributed by atoms with Crippen LogP contribution in [0.4, 0.5) is 0 Å². The maximum absolute atomic E-state index is 12.3. The fraction of sp³-hybridized carbons (Fsp3) is 0.429. The number of hydrogen-bond acceptors (Lipinski definition) is 6. The average Bonchev–Trinajstić information content (AvgIpc) is 2.91. The van der Waals surface area contributed by atoms with Crippen molar-refractivity contribution in [2.24, 2.45) is 5.92 Å². The molecule has 1 aliphatic carbocycles. The van der Waals surface area contributed by atoms with Gasteiger partial charge in [-0.1, -0.05) is 6.42 Å². The van der Waals surface area contributed by atoms with E-state index in [9.17, 15) is 13.2 Å². The zero-order chi connectivity index (χ0) is 16.4. The van der Waals surface area contributed by atoms with Gasteiger partial charge in [-0.3, -0.25) is 9.48 Å². The van der Waals surface area contributed by atoms with Crippen LogP contribution in [0.2, 0.25) is 0 Å². The molecule has 0 aliphatic heterocycles. The molecule has 3 rings (SSSR count). The minimum absolute atomic E-state index is 0.223. The van der Waals surface area contributed by atoms with Gasteiger partial charge < -0.3 is 0 Å². The third-order valence-electron chi connectivity index (χ3n) is 3.88. The molecule has 9 heteroatoms. The first-order valence-electron chi connectivity index (χ1n) is 7.35. The number of hydrogen-bond donors (Lipinski definition) is 1. The minimum Gasteiger partial charge on any atom is -0.266 e. The van der Waals surface area contributed by atoms with E-state index in [-0.39, 0.29) is 10.7 Å². The molecule has 23 heavy (non-hydrogen) atoms. The fourth-order valence-corrected chi connectivity index (χ4v) is 3.20. The number of carbonyl (C=O) groups excluding carboxylic acids is 1. The zero-order valence-corrected chi connectivity index (χ0v) is 13.5.